The van der Waals surface area contributed by atoms with Gasteiger partial charge in [0.05, 0.1) is 6.54 Å². The third-order valence-electron chi connectivity index (χ3n) is 1.00. The van der Waals surface area contributed by atoms with Crippen LogP contribution in [-0.2, 0) is 0 Å². The third-order valence-corrected chi connectivity index (χ3v) is 1.00. The average molecular weight is 193 g/mol. The second kappa shape index (κ2) is 5.62. The first-order valence-electron chi connectivity index (χ1n) is 2.96. The van der Waals surface area contributed by atoms with Crippen molar-refractivity contribution in [2.24, 2.45) is 5.73 Å². The first-order valence-corrected chi connectivity index (χ1v) is 2.96. The van der Waals surface area contributed by atoms with Crippen LogP contribution in [0.4, 0.5) is 13.2 Å². The molecule has 6 heteroatoms. The largest absolute Gasteiger partial charge is 0.401 e. The summed E-state index contributed by atoms with van der Waals surface area (Å²) in [7, 11) is 0. The SMILES string of the molecule is CC(CN)NCC(F)(F)F.Cl. The van der Waals surface area contributed by atoms with Gasteiger partial charge in [0.25, 0.3) is 0 Å². The van der Waals surface area contributed by atoms with Crippen molar-refractivity contribution >= 4 is 12.4 Å². The van der Waals surface area contributed by atoms with Crippen molar-refractivity contribution in [1.29, 1.82) is 0 Å². The summed E-state index contributed by atoms with van der Waals surface area (Å²) in [6, 6.07) is -0.276. The number of halogens is 4. The van der Waals surface area contributed by atoms with E-state index in [0.717, 1.165) is 0 Å². The highest BCUT2D eigenvalue weighted by Crippen LogP contribution is 2.12. The zero-order chi connectivity index (χ0) is 8.20. The van der Waals surface area contributed by atoms with E-state index in [2.05, 4.69) is 5.32 Å². The van der Waals surface area contributed by atoms with Crippen molar-refractivity contribution in [2.75, 3.05) is 13.1 Å². The monoisotopic (exact) mass is 192 g/mol. The van der Waals surface area contributed by atoms with Crippen molar-refractivity contribution in [3.8, 4) is 0 Å². The van der Waals surface area contributed by atoms with E-state index in [1.54, 1.807) is 6.92 Å². The van der Waals surface area contributed by atoms with Gasteiger partial charge in [0.2, 0.25) is 0 Å². The molecule has 0 aliphatic carbocycles. The van der Waals surface area contributed by atoms with Gasteiger partial charge in [0, 0.05) is 12.6 Å². The minimum absolute atomic E-state index is 0. The highest BCUT2D eigenvalue weighted by molar-refractivity contribution is 5.85. The van der Waals surface area contributed by atoms with Gasteiger partial charge in [-0.15, -0.1) is 12.4 Å². The molecule has 0 fully saturated rings. The summed E-state index contributed by atoms with van der Waals surface area (Å²) >= 11 is 0. The minimum Gasteiger partial charge on any atom is -0.329 e. The summed E-state index contributed by atoms with van der Waals surface area (Å²) in [4.78, 5) is 0. The van der Waals surface area contributed by atoms with E-state index in [9.17, 15) is 13.2 Å². The molecule has 0 rings (SSSR count). The van der Waals surface area contributed by atoms with Crippen LogP contribution in [-0.4, -0.2) is 25.3 Å². The molecule has 0 amide bonds. The molecule has 0 aromatic rings. The van der Waals surface area contributed by atoms with E-state index < -0.39 is 12.7 Å². The Morgan fingerprint density at radius 3 is 2.18 bits per heavy atom. The highest BCUT2D eigenvalue weighted by atomic mass is 35.5. The van der Waals surface area contributed by atoms with Crippen LogP contribution in [0.15, 0.2) is 0 Å². The van der Waals surface area contributed by atoms with E-state index in [-0.39, 0.29) is 25.0 Å². The van der Waals surface area contributed by atoms with E-state index in [0.29, 0.717) is 0 Å². The first kappa shape index (κ1) is 13.6. The number of rotatable bonds is 3. The second-order valence-electron chi connectivity index (χ2n) is 2.13. The molecule has 0 saturated heterocycles. The fourth-order valence-electron chi connectivity index (χ4n) is 0.373. The molecule has 0 aliphatic rings. The van der Waals surface area contributed by atoms with Gasteiger partial charge in [0.15, 0.2) is 0 Å². The van der Waals surface area contributed by atoms with Gasteiger partial charge in [-0.25, -0.2) is 0 Å². The van der Waals surface area contributed by atoms with Crippen LogP contribution in [0, 0.1) is 0 Å². The van der Waals surface area contributed by atoms with E-state index in [1.165, 1.54) is 0 Å². The minimum atomic E-state index is -4.14. The topological polar surface area (TPSA) is 38.0 Å². The Labute approximate surface area is 69.7 Å². The molecule has 1 unspecified atom stereocenters. The Balaban J connectivity index is 0. The van der Waals surface area contributed by atoms with Gasteiger partial charge in [-0.3, -0.25) is 0 Å². The number of nitrogens with two attached hydrogens (primary N) is 1. The van der Waals surface area contributed by atoms with Gasteiger partial charge >= 0.3 is 6.18 Å². The fraction of sp³-hybridized carbons (Fsp3) is 1.00. The molecular weight excluding hydrogens is 181 g/mol. The van der Waals surface area contributed by atoms with Crippen LogP contribution in [0.3, 0.4) is 0 Å². The lowest BCUT2D eigenvalue weighted by Gasteiger charge is -2.12. The molecule has 0 saturated carbocycles. The predicted octanol–water partition coefficient (Wildman–Crippen LogP) is 0.907. The van der Waals surface area contributed by atoms with E-state index in [1.807, 2.05) is 0 Å². The second-order valence-corrected chi connectivity index (χ2v) is 2.13. The van der Waals surface area contributed by atoms with Crippen molar-refractivity contribution < 1.29 is 13.2 Å². The van der Waals surface area contributed by atoms with E-state index in [4.69, 9.17) is 5.73 Å². The molecule has 2 nitrogen and oxygen atoms in total. The van der Waals surface area contributed by atoms with Gasteiger partial charge in [0.1, 0.15) is 0 Å². The maximum absolute atomic E-state index is 11.4. The lowest BCUT2D eigenvalue weighted by Crippen LogP contribution is -2.39. The maximum atomic E-state index is 11.4. The molecule has 1 atom stereocenters. The molecule has 11 heavy (non-hydrogen) atoms. The Kier molecular flexibility index (Phi) is 6.94. The van der Waals surface area contributed by atoms with Crippen molar-refractivity contribution in [1.82, 2.24) is 5.32 Å². The summed E-state index contributed by atoms with van der Waals surface area (Å²) in [5, 5.41) is 2.22. The summed E-state index contributed by atoms with van der Waals surface area (Å²) in [5.74, 6) is 0. The van der Waals surface area contributed by atoms with Crippen molar-refractivity contribution in [3.63, 3.8) is 0 Å². The molecule has 0 bridgehead atoms. The normalized spacial score (nSPS) is 13.9. The molecule has 0 radical (unpaired) electrons. The van der Waals surface area contributed by atoms with Gasteiger partial charge < -0.3 is 11.1 Å². The summed E-state index contributed by atoms with van der Waals surface area (Å²) < 4.78 is 34.3. The lowest BCUT2D eigenvalue weighted by atomic mass is 10.3. The standard InChI is InChI=1S/C5H11F3N2.ClH/c1-4(2-9)10-3-5(6,7)8;/h4,10H,2-3,9H2,1H3;1H. The van der Waals surface area contributed by atoms with Crippen LogP contribution in [0.5, 0.6) is 0 Å². The molecule has 0 aromatic heterocycles. The predicted molar refractivity (Wildman–Crippen MR) is 39.8 cm³/mol. The molecular formula is C5H12ClF3N2. The van der Waals surface area contributed by atoms with Crippen LogP contribution in [0.2, 0.25) is 0 Å². The Bertz CT molecular complexity index is 96.2. The molecule has 0 spiro atoms. The smallest absolute Gasteiger partial charge is 0.329 e. The Morgan fingerprint density at radius 2 is 1.91 bits per heavy atom. The molecule has 0 heterocycles. The summed E-state index contributed by atoms with van der Waals surface area (Å²) in [5.41, 5.74) is 5.07. The molecule has 70 valence electrons. The van der Waals surface area contributed by atoms with Crippen LogP contribution >= 0.6 is 12.4 Å². The van der Waals surface area contributed by atoms with Crippen LogP contribution < -0.4 is 11.1 Å². The van der Waals surface area contributed by atoms with Crippen molar-refractivity contribution in [3.05, 3.63) is 0 Å². The Morgan fingerprint density at radius 1 is 1.45 bits per heavy atom. The van der Waals surface area contributed by atoms with Crippen LogP contribution in [0.1, 0.15) is 6.92 Å². The number of nitrogens with one attached hydrogen (secondary N) is 1. The van der Waals surface area contributed by atoms with Crippen LogP contribution in [0.25, 0.3) is 0 Å². The third kappa shape index (κ3) is 10.0. The number of alkyl halides is 3. The lowest BCUT2D eigenvalue weighted by molar-refractivity contribution is -0.125. The quantitative estimate of drug-likeness (QED) is 0.698. The van der Waals surface area contributed by atoms with Gasteiger partial charge in [-0.05, 0) is 6.92 Å². The zero-order valence-electron chi connectivity index (χ0n) is 6.11. The van der Waals surface area contributed by atoms with Gasteiger partial charge in [-0.2, -0.15) is 13.2 Å². The zero-order valence-corrected chi connectivity index (χ0v) is 6.93. The molecule has 0 aromatic carbocycles. The van der Waals surface area contributed by atoms with Gasteiger partial charge in [-0.1, -0.05) is 0 Å². The first-order chi connectivity index (χ1) is 4.45. The highest BCUT2D eigenvalue weighted by Gasteiger charge is 2.26. The fourth-order valence-corrected chi connectivity index (χ4v) is 0.373. The van der Waals surface area contributed by atoms with E-state index >= 15 is 0 Å². The number of hydrogen-bond donors (Lipinski definition) is 2. The maximum Gasteiger partial charge on any atom is 0.401 e. The molecule has 3 N–H and O–H groups in total. The van der Waals surface area contributed by atoms with Crippen molar-refractivity contribution in [2.45, 2.75) is 19.1 Å². The summed E-state index contributed by atoms with van der Waals surface area (Å²) in [6.07, 6.45) is -4.14. The molecule has 0 aliphatic heterocycles. The summed E-state index contributed by atoms with van der Waals surface area (Å²) in [6.45, 7) is 0.854. The Hall–Kier alpha value is -0.0000000000000000555. The average Bonchev–Trinajstić information content (AvgIpc) is 1.81. The number of hydrogen-bond acceptors (Lipinski definition) is 2.